The SMILES string of the molecule is Cc1c(-c2nc3c(o2)CN(C(=O)CCN(C)C)C3)cccc1-c1cccc(-c2nc3cc(CN4CC[C@@H](C(=O)O)C4)cc(C#N)c3o2)c1C. The van der Waals surface area contributed by atoms with Crippen molar-refractivity contribution in [2.75, 3.05) is 33.7 Å². The maximum Gasteiger partial charge on any atom is 0.307 e. The van der Waals surface area contributed by atoms with Gasteiger partial charge in [-0.15, -0.1) is 0 Å². The van der Waals surface area contributed by atoms with Gasteiger partial charge < -0.3 is 23.7 Å². The molecule has 2 aliphatic heterocycles. The molecule has 1 atom stereocenters. The molecule has 1 N–H and O–H groups in total. The summed E-state index contributed by atoms with van der Waals surface area (Å²) in [5.41, 5.74) is 8.87. The topological polar surface area (TPSA) is 140 Å². The summed E-state index contributed by atoms with van der Waals surface area (Å²) in [5.74, 6) is 0.668. The molecule has 11 nitrogen and oxygen atoms in total. The van der Waals surface area contributed by atoms with Crippen LogP contribution in [0.4, 0.5) is 0 Å². The highest BCUT2D eigenvalue weighted by Crippen LogP contribution is 2.39. The van der Waals surface area contributed by atoms with Crippen LogP contribution in [-0.2, 0) is 29.2 Å². The molecule has 7 rings (SSSR count). The number of aliphatic carboxylic acids is 1. The smallest absolute Gasteiger partial charge is 0.307 e. The molecule has 0 spiro atoms. The molecule has 0 radical (unpaired) electrons. The number of oxazole rings is 2. The van der Waals surface area contributed by atoms with Crippen molar-refractivity contribution in [2.24, 2.45) is 5.92 Å². The molecule has 4 heterocycles. The molecule has 0 bridgehead atoms. The van der Waals surface area contributed by atoms with Gasteiger partial charge in [0.2, 0.25) is 17.7 Å². The minimum atomic E-state index is -0.769. The first-order valence-electron chi connectivity index (χ1n) is 16.5. The second kappa shape index (κ2) is 13.0. The van der Waals surface area contributed by atoms with E-state index in [4.69, 9.17) is 18.8 Å². The third-order valence-electron chi connectivity index (χ3n) is 9.70. The lowest BCUT2D eigenvalue weighted by atomic mass is 9.91. The highest BCUT2D eigenvalue weighted by atomic mass is 16.4. The van der Waals surface area contributed by atoms with E-state index in [0.717, 1.165) is 50.4 Å². The Morgan fingerprint density at radius 2 is 1.65 bits per heavy atom. The largest absolute Gasteiger partial charge is 0.481 e. The first-order chi connectivity index (χ1) is 23.6. The van der Waals surface area contributed by atoms with Crippen LogP contribution in [0.25, 0.3) is 45.1 Å². The maximum atomic E-state index is 12.7. The standard InChI is InChI=1S/C38H38N6O5/c1-22-27(7-5-9-29(22)36-41-32-20-44(21-33(32)48-36)34(45)12-13-42(3)4)28-8-6-10-30(23(28)2)37-40-31-16-24(15-26(17-39)35(31)49-37)18-43-14-11-25(19-43)38(46)47/h5-10,15-16,25H,11-14,18-21H2,1-4H3,(H,46,47)/t25-/m1/s1. The van der Waals surface area contributed by atoms with Gasteiger partial charge in [0.1, 0.15) is 23.0 Å². The van der Waals surface area contributed by atoms with Crippen LogP contribution in [0, 0.1) is 31.1 Å². The van der Waals surface area contributed by atoms with Gasteiger partial charge in [-0.1, -0.05) is 24.3 Å². The van der Waals surface area contributed by atoms with Crippen molar-refractivity contribution in [3.8, 4) is 40.1 Å². The van der Waals surface area contributed by atoms with Crippen LogP contribution in [0.1, 0.15) is 46.5 Å². The average molecular weight is 659 g/mol. The molecule has 11 heteroatoms. The van der Waals surface area contributed by atoms with Gasteiger partial charge in [-0.25, -0.2) is 9.97 Å². The van der Waals surface area contributed by atoms with Crippen LogP contribution in [0.3, 0.4) is 0 Å². The maximum absolute atomic E-state index is 12.7. The van der Waals surface area contributed by atoms with Crippen LogP contribution in [0.15, 0.2) is 57.4 Å². The molecule has 2 aromatic heterocycles. The number of likely N-dealkylation sites (tertiary alicyclic amines) is 1. The second-order valence-electron chi connectivity index (χ2n) is 13.3. The monoisotopic (exact) mass is 658 g/mol. The number of rotatable bonds is 9. The first kappa shape index (κ1) is 32.2. The summed E-state index contributed by atoms with van der Waals surface area (Å²) in [5, 5.41) is 19.4. The molecule has 2 aliphatic rings. The fourth-order valence-electron chi connectivity index (χ4n) is 6.94. The summed E-state index contributed by atoms with van der Waals surface area (Å²) >= 11 is 0. The van der Waals surface area contributed by atoms with Crippen LogP contribution >= 0.6 is 0 Å². The number of carboxylic acids is 1. The fourth-order valence-corrected chi connectivity index (χ4v) is 6.94. The van der Waals surface area contributed by atoms with Gasteiger partial charge in [0, 0.05) is 37.2 Å². The second-order valence-corrected chi connectivity index (χ2v) is 13.3. The fraction of sp³-hybridized carbons (Fsp3) is 0.342. The molecule has 250 valence electrons. The zero-order valence-corrected chi connectivity index (χ0v) is 28.1. The number of amides is 1. The summed E-state index contributed by atoms with van der Waals surface area (Å²) in [6.45, 7) is 7.40. The number of nitriles is 1. The van der Waals surface area contributed by atoms with Crippen molar-refractivity contribution in [1.82, 2.24) is 24.7 Å². The van der Waals surface area contributed by atoms with E-state index in [1.54, 1.807) is 4.90 Å². The number of hydrogen-bond donors (Lipinski definition) is 1. The van der Waals surface area contributed by atoms with E-state index in [-0.39, 0.29) is 11.8 Å². The van der Waals surface area contributed by atoms with Gasteiger partial charge >= 0.3 is 5.97 Å². The third-order valence-corrected chi connectivity index (χ3v) is 9.70. The highest BCUT2D eigenvalue weighted by Gasteiger charge is 2.30. The summed E-state index contributed by atoms with van der Waals surface area (Å²) in [6.07, 6.45) is 1.08. The van der Waals surface area contributed by atoms with Crippen molar-refractivity contribution < 1.29 is 23.5 Å². The summed E-state index contributed by atoms with van der Waals surface area (Å²) < 4.78 is 12.5. The Hall–Kier alpha value is -5.31. The van der Waals surface area contributed by atoms with Crippen LogP contribution in [0.5, 0.6) is 0 Å². The molecule has 3 aromatic carbocycles. The van der Waals surface area contributed by atoms with Crippen molar-refractivity contribution in [3.05, 3.63) is 82.2 Å². The Kier molecular flexibility index (Phi) is 8.52. The predicted octanol–water partition coefficient (Wildman–Crippen LogP) is 6.01. The first-order valence-corrected chi connectivity index (χ1v) is 16.5. The molecule has 0 unspecified atom stereocenters. The van der Waals surface area contributed by atoms with Crippen LogP contribution in [0.2, 0.25) is 0 Å². The van der Waals surface area contributed by atoms with E-state index in [0.29, 0.717) is 80.6 Å². The molecule has 1 amide bonds. The number of aromatic nitrogens is 2. The Morgan fingerprint density at radius 1 is 0.980 bits per heavy atom. The quantitative estimate of drug-likeness (QED) is 0.200. The van der Waals surface area contributed by atoms with Crippen molar-refractivity contribution in [3.63, 3.8) is 0 Å². The Bertz CT molecular complexity index is 2120. The Morgan fingerprint density at radius 3 is 2.27 bits per heavy atom. The van der Waals surface area contributed by atoms with Gasteiger partial charge in [-0.3, -0.25) is 14.5 Å². The number of carbonyl (C=O) groups is 2. The van der Waals surface area contributed by atoms with E-state index >= 15 is 0 Å². The molecule has 1 fully saturated rings. The van der Waals surface area contributed by atoms with Crippen LogP contribution < -0.4 is 0 Å². The van der Waals surface area contributed by atoms with Gasteiger partial charge in [0.25, 0.3) is 0 Å². The predicted molar refractivity (Wildman–Crippen MR) is 183 cm³/mol. The van der Waals surface area contributed by atoms with Gasteiger partial charge in [0.05, 0.1) is 24.6 Å². The lowest BCUT2D eigenvalue weighted by Crippen LogP contribution is -2.28. The molecule has 0 aliphatic carbocycles. The van der Waals surface area contributed by atoms with E-state index in [1.807, 2.05) is 62.3 Å². The molecule has 5 aromatic rings. The Balaban J connectivity index is 1.15. The number of nitrogens with zero attached hydrogens (tertiary/aromatic N) is 6. The van der Waals surface area contributed by atoms with E-state index in [1.165, 1.54) is 0 Å². The van der Waals surface area contributed by atoms with Crippen molar-refractivity contribution >= 4 is 23.0 Å². The normalized spacial score (nSPS) is 16.1. The zero-order chi connectivity index (χ0) is 34.4. The summed E-state index contributed by atoms with van der Waals surface area (Å²) in [4.78, 5) is 39.6. The van der Waals surface area contributed by atoms with Crippen molar-refractivity contribution in [2.45, 2.75) is 46.3 Å². The molecule has 0 saturated carbocycles. The lowest BCUT2D eigenvalue weighted by molar-refractivity contribution is -0.141. The molecule has 49 heavy (non-hydrogen) atoms. The number of fused-ring (bicyclic) bond motifs is 2. The molecular formula is C38H38N6O5. The lowest BCUT2D eigenvalue weighted by Gasteiger charge is -2.17. The highest BCUT2D eigenvalue weighted by molar-refractivity contribution is 5.85. The van der Waals surface area contributed by atoms with E-state index in [9.17, 15) is 20.0 Å². The zero-order valence-electron chi connectivity index (χ0n) is 28.1. The number of hydrogen-bond acceptors (Lipinski definition) is 9. The van der Waals surface area contributed by atoms with E-state index in [2.05, 4.69) is 30.0 Å². The summed E-state index contributed by atoms with van der Waals surface area (Å²) in [6, 6.07) is 18.1. The van der Waals surface area contributed by atoms with Gasteiger partial charge in [-0.2, -0.15) is 5.26 Å². The van der Waals surface area contributed by atoms with E-state index < -0.39 is 5.97 Å². The number of benzene rings is 3. The van der Waals surface area contributed by atoms with Gasteiger partial charge in [-0.05, 0) is 93.0 Å². The molecule has 1 saturated heterocycles. The summed E-state index contributed by atoms with van der Waals surface area (Å²) in [7, 11) is 3.91. The molecular weight excluding hydrogens is 620 g/mol. The van der Waals surface area contributed by atoms with Gasteiger partial charge in [0.15, 0.2) is 5.58 Å². The minimum Gasteiger partial charge on any atom is -0.481 e. The third kappa shape index (κ3) is 6.21. The minimum absolute atomic E-state index is 0.0953. The van der Waals surface area contributed by atoms with Crippen molar-refractivity contribution in [1.29, 1.82) is 5.26 Å². The Labute approximate surface area is 284 Å². The van der Waals surface area contributed by atoms with Crippen LogP contribution in [-0.4, -0.2) is 75.4 Å². The number of carboxylic acid groups (broad SMARTS) is 1. The average Bonchev–Trinajstić information content (AvgIpc) is 3.87. The number of carbonyl (C=O) groups excluding carboxylic acids is 1.